The zero-order chi connectivity index (χ0) is 28.2. The fourth-order valence-electron chi connectivity index (χ4n) is 3.68. The fraction of sp³-hybridized carbons (Fsp3) is 0.0714. The molecule has 0 unspecified atom stereocenters. The maximum absolute atomic E-state index is 13.5. The molecule has 0 spiro atoms. The number of nitrogens with zero attached hydrogens (tertiary/aromatic N) is 2. The number of aromatic nitrogens is 2. The Morgan fingerprint density at radius 3 is 1.32 bits per heavy atom. The van der Waals surface area contributed by atoms with Crippen LogP contribution in [0, 0.1) is 23.3 Å². The highest BCUT2D eigenvalue weighted by Crippen LogP contribution is 2.29. The van der Waals surface area contributed by atoms with Crippen LogP contribution in [0.2, 0.25) is 0 Å². The third-order valence-corrected chi connectivity index (χ3v) is 7.34. The number of nitrogens with two attached hydrogens (primary N) is 2. The minimum atomic E-state index is -0.617. The van der Waals surface area contributed by atoms with E-state index in [4.69, 9.17) is 20.9 Å². The predicted molar refractivity (Wildman–Crippen MR) is 149 cm³/mol. The van der Waals surface area contributed by atoms with Gasteiger partial charge in [0.1, 0.15) is 48.0 Å². The number of benzene rings is 4. The molecule has 2 heterocycles. The van der Waals surface area contributed by atoms with Crippen LogP contribution in [-0.4, -0.2) is 9.97 Å². The molecule has 0 atom stereocenters. The number of anilines is 2. The van der Waals surface area contributed by atoms with Crippen molar-refractivity contribution in [3.63, 3.8) is 0 Å². The van der Waals surface area contributed by atoms with Gasteiger partial charge in [-0.15, -0.1) is 0 Å². The third kappa shape index (κ3) is 6.24. The topological polar surface area (TPSA) is 96.3 Å². The van der Waals surface area contributed by atoms with E-state index in [-0.39, 0.29) is 24.3 Å². The molecule has 0 saturated carbocycles. The van der Waals surface area contributed by atoms with Crippen molar-refractivity contribution < 1.29 is 27.0 Å². The van der Waals surface area contributed by atoms with E-state index >= 15 is 0 Å². The second-order valence-electron chi connectivity index (χ2n) is 8.34. The van der Waals surface area contributed by atoms with Crippen molar-refractivity contribution in [2.75, 3.05) is 11.5 Å². The minimum absolute atomic E-state index is 0.0867. The van der Waals surface area contributed by atoms with Gasteiger partial charge in [-0.3, -0.25) is 0 Å². The van der Waals surface area contributed by atoms with Crippen LogP contribution in [-0.2, 0) is 13.2 Å². The van der Waals surface area contributed by atoms with Gasteiger partial charge >= 0.3 is 0 Å². The monoisotopic (exact) mass is 584 g/mol. The first-order chi connectivity index (χ1) is 19.3. The average molecular weight is 585 g/mol. The fourth-order valence-corrected chi connectivity index (χ4v) is 5.20. The Hall–Kier alpha value is -4.42. The highest BCUT2D eigenvalue weighted by Gasteiger charge is 2.11. The summed E-state index contributed by atoms with van der Waals surface area (Å²) in [4.78, 5) is 8.24. The van der Waals surface area contributed by atoms with Crippen LogP contribution in [0.1, 0.15) is 11.1 Å². The van der Waals surface area contributed by atoms with Gasteiger partial charge in [0.15, 0.2) is 10.3 Å². The molecule has 4 N–H and O–H groups in total. The molecule has 6 rings (SSSR count). The normalized spacial score (nSPS) is 10.9. The first-order valence-electron chi connectivity index (χ1n) is 11.7. The van der Waals surface area contributed by atoms with Crippen molar-refractivity contribution in [2.45, 2.75) is 13.2 Å². The van der Waals surface area contributed by atoms with Crippen LogP contribution < -0.4 is 20.9 Å². The van der Waals surface area contributed by atoms with Crippen molar-refractivity contribution in [3.8, 4) is 11.5 Å². The van der Waals surface area contributed by atoms with Crippen LogP contribution in [0.15, 0.2) is 72.8 Å². The van der Waals surface area contributed by atoms with Crippen molar-refractivity contribution in [1.82, 2.24) is 9.97 Å². The summed E-state index contributed by atoms with van der Waals surface area (Å²) in [5, 5.41) is 0.939. The second kappa shape index (κ2) is 11.8. The summed E-state index contributed by atoms with van der Waals surface area (Å²) in [5.74, 6) is -1.44. The second-order valence-corrected chi connectivity index (χ2v) is 10.5. The molecule has 0 amide bonds. The highest BCUT2D eigenvalue weighted by molar-refractivity contribution is 7.22. The Morgan fingerprint density at radius 1 is 0.575 bits per heavy atom. The lowest BCUT2D eigenvalue weighted by molar-refractivity contribution is 0.292. The quantitative estimate of drug-likeness (QED) is 0.197. The summed E-state index contributed by atoms with van der Waals surface area (Å²) in [6.45, 7) is -0.337. The van der Waals surface area contributed by atoms with E-state index in [0.29, 0.717) is 21.8 Å². The van der Waals surface area contributed by atoms with Crippen LogP contribution in [0.3, 0.4) is 0 Å². The minimum Gasteiger partial charge on any atom is -0.489 e. The molecule has 2 aromatic heterocycles. The number of halogens is 4. The number of rotatable bonds is 6. The van der Waals surface area contributed by atoms with Gasteiger partial charge in [-0.05, 0) is 60.7 Å². The maximum atomic E-state index is 13.5. The Kier molecular flexibility index (Phi) is 7.99. The molecule has 40 heavy (non-hydrogen) atoms. The van der Waals surface area contributed by atoms with E-state index in [1.54, 1.807) is 36.4 Å². The van der Waals surface area contributed by atoms with E-state index in [1.165, 1.54) is 59.1 Å². The number of ether oxygens (including phenoxy) is 2. The largest absolute Gasteiger partial charge is 0.489 e. The van der Waals surface area contributed by atoms with E-state index in [0.717, 1.165) is 20.4 Å². The number of hydrogen-bond acceptors (Lipinski definition) is 8. The first kappa shape index (κ1) is 27.2. The van der Waals surface area contributed by atoms with Gasteiger partial charge in [0.25, 0.3) is 0 Å². The molecule has 12 heteroatoms. The summed E-state index contributed by atoms with van der Waals surface area (Å²) in [5.41, 5.74) is 12.6. The van der Waals surface area contributed by atoms with Gasteiger partial charge in [-0.25, -0.2) is 27.5 Å². The van der Waals surface area contributed by atoms with Crippen molar-refractivity contribution in [3.05, 3.63) is 107 Å². The van der Waals surface area contributed by atoms with Gasteiger partial charge in [0, 0.05) is 0 Å². The molecule has 0 aliphatic rings. The number of nitrogen functional groups attached to an aromatic ring is 2. The number of hydrogen-bond donors (Lipinski definition) is 2. The van der Waals surface area contributed by atoms with Crippen LogP contribution in [0.5, 0.6) is 11.5 Å². The SMILES string of the molecule is Nc1nc2ccc(OCc3c(F)cccc3F)cc2s1.Nc1nc2ccc(OCc3c(F)cccc3F)cc2s1. The molecule has 0 bridgehead atoms. The average Bonchev–Trinajstić information content (AvgIpc) is 3.48. The molecule has 6 aromatic rings. The van der Waals surface area contributed by atoms with E-state index in [9.17, 15) is 17.6 Å². The lowest BCUT2D eigenvalue weighted by Crippen LogP contribution is -2.01. The molecular weight excluding hydrogens is 564 g/mol. The molecule has 4 aromatic carbocycles. The first-order valence-corrected chi connectivity index (χ1v) is 13.3. The molecule has 0 aliphatic heterocycles. The van der Waals surface area contributed by atoms with Gasteiger partial charge in [-0.2, -0.15) is 0 Å². The number of fused-ring (bicyclic) bond motifs is 2. The summed E-state index contributed by atoms with van der Waals surface area (Å²) < 4.78 is 66.5. The van der Waals surface area contributed by atoms with Gasteiger partial charge in [-0.1, -0.05) is 34.8 Å². The Bertz CT molecular complexity index is 1640. The van der Waals surface area contributed by atoms with Crippen molar-refractivity contribution in [1.29, 1.82) is 0 Å². The van der Waals surface area contributed by atoms with E-state index in [2.05, 4.69) is 9.97 Å². The lowest BCUT2D eigenvalue weighted by atomic mass is 10.2. The zero-order valence-corrected chi connectivity index (χ0v) is 22.2. The van der Waals surface area contributed by atoms with E-state index in [1.807, 2.05) is 0 Å². The Morgan fingerprint density at radius 2 is 0.950 bits per heavy atom. The van der Waals surface area contributed by atoms with Gasteiger partial charge in [0.05, 0.1) is 31.6 Å². The van der Waals surface area contributed by atoms with Crippen molar-refractivity contribution >= 4 is 53.4 Å². The maximum Gasteiger partial charge on any atom is 0.181 e. The lowest BCUT2D eigenvalue weighted by Gasteiger charge is -2.08. The van der Waals surface area contributed by atoms with E-state index < -0.39 is 23.3 Å². The molecule has 0 aliphatic carbocycles. The smallest absolute Gasteiger partial charge is 0.181 e. The predicted octanol–water partition coefficient (Wildman–Crippen LogP) is 7.47. The van der Waals surface area contributed by atoms with Crippen LogP contribution >= 0.6 is 22.7 Å². The van der Waals surface area contributed by atoms with Crippen molar-refractivity contribution in [2.24, 2.45) is 0 Å². The number of thiazole rings is 2. The molecular formula is C28H20F4N4O2S2. The van der Waals surface area contributed by atoms with Crippen LogP contribution in [0.4, 0.5) is 27.8 Å². The molecule has 0 fully saturated rings. The Labute approximate surface area is 233 Å². The zero-order valence-electron chi connectivity index (χ0n) is 20.5. The molecule has 204 valence electrons. The van der Waals surface area contributed by atoms with Gasteiger partial charge < -0.3 is 20.9 Å². The van der Waals surface area contributed by atoms with Crippen LogP contribution in [0.25, 0.3) is 20.4 Å². The standard InChI is InChI=1S/2C14H10F2N2OS/c2*15-10-2-1-3-11(16)9(10)7-19-8-4-5-12-13(6-8)20-14(17)18-12/h2*1-6H,7H2,(H2,17,18). The molecule has 0 saturated heterocycles. The highest BCUT2D eigenvalue weighted by atomic mass is 32.1. The summed E-state index contributed by atoms with van der Waals surface area (Å²) >= 11 is 2.67. The summed E-state index contributed by atoms with van der Waals surface area (Å²) in [6.07, 6.45) is 0. The summed E-state index contributed by atoms with van der Waals surface area (Å²) in [6, 6.07) is 17.9. The summed E-state index contributed by atoms with van der Waals surface area (Å²) in [7, 11) is 0. The van der Waals surface area contributed by atoms with Gasteiger partial charge in [0.2, 0.25) is 0 Å². The third-order valence-electron chi connectivity index (χ3n) is 5.64. The Balaban J connectivity index is 0.000000161. The molecule has 6 nitrogen and oxygen atoms in total. The molecule has 0 radical (unpaired) electrons.